The molecule has 20 heteroatoms. The lowest BCUT2D eigenvalue weighted by Crippen LogP contribution is -2.62. The van der Waals surface area contributed by atoms with Gasteiger partial charge < -0.3 is 74.4 Å². The fourth-order valence-corrected chi connectivity index (χ4v) is 13.6. The van der Waals surface area contributed by atoms with Crippen LogP contribution in [-0.4, -0.2) is 202 Å². The normalized spacial score (nSPS) is 40.9. The van der Waals surface area contributed by atoms with Crippen molar-refractivity contribution in [2.45, 2.75) is 235 Å². The van der Waals surface area contributed by atoms with Crippen molar-refractivity contribution in [3.8, 4) is 0 Å². The van der Waals surface area contributed by atoms with Gasteiger partial charge in [-0.05, 0) is 117 Å². The molecule has 2 aromatic rings. The molecule has 1 saturated carbocycles. The van der Waals surface area contributed by atoms with Gasteiger partial charge in [-0.1, -0.05) is 57.9 Å². The number of hydrogen-bond acceptors (Lipinski definition) is 18. The molecule has 0 bridgehead atoms. The van der Waals surface area contributed by atoms with Crippen LogP contribution in [0.25, 0.3) is 0 Å². The number of nitrogens with one attached hydrogen (secondary N) is 1. The molecule has 1 aliphatic carbocycles. The quantitative estimate of drug-likeness (QED) is 0.106. The van der Waals surface area contributed by atoms with Gasteiger partial charge in [0.2, 0.25) is 0 Å². The first-order valence-corrected chi connectivity index (χ1v) is 28.8. The number of cyclic esters (lactones) is 1. The second kappa shape index (κ2) is 27.4. The van der Waals surface area contributed by atoms with E-state index in [9.17, 15) is 25.2 Å². The van der Waals surface area contributed by atoms with Crippen molar-refractivity contribution in [1.29, 1.82) is 0 Å². The number of aliphatic hydroxyl groups is 4. The molecule has 0 amide bonds. The fraction of sp³-hybridized carbons (Fsp3) is 0.845. The molecule has 0 spiro atoms. The summed E-state index contributed by atoms with van der Waals surface area (Å²) >= 11 is 0. The SMILES string of the molecule is CC[C@H]1OC(=O)[C@H](C)[C@@H](C2C[C@@](C)(OC)[C@@H](O)[C@H](C)O2)[C@H](C)[C@@H](O[C@@H]2O[C@H](C)C[C@H](N(C)CCc3cn([C@H](CF)[C@H](OC)c4ccc(NC5CCCCC5N)cc4)nn3)[C@H]2O)[C@](C)(OC)C[C@@H](C)CN(C)[C@H](C)[C@@H](O)[C@]1(C)O. The molecule has 3 aliphatic heterocycles. The Balaban J connectivity index is 1.26. The van der Waals surface area contributed by atoms with Gasteiger partial charge in [-0.25, -0.2) is 9.07 Å². The Morgan fingerprint density at radius 2 is 1.63 bits per heavy atom. The van der Waals surface area contributed by atoms with Crippen molar-refractivity contribution in [2.24, 2.45) is 29.4 Å². The van der Waals surface area contributed by atoms with Crippen molar-refractivity contribution in [3.63, 3.8) is 0 Å². The van der Waals surface area contributed by atoms with Crippen molar-refractivity contribution >= 4 is 11.7 Å². The zero-order valence-electron chi connectivity index (χ0n) is 49.6. The summed E-state index contributed by atoms with van der Waals surface area (Å²) < 4.78 is 61.8. The van der Waals surface area contributed by atoms with Crippen LogP contribution < -0.4 is 11.1 Å². The molecule has 1 aromatic heterocycles. The van der Waals surface area contributed by atoms with Crippen molar-refractivity contribution < 1.29 is 62.8 Å². The van der Waals surface area contributed by atoms with E-state index in [1.54, 1.807) is 41.4 Å². The van der Waals surface area contributed by atoms with Gasteiger partial charge in [-0.3, -0.25) is 4.79 Å². The molecule has 4 fully saturated rings. The second-order valence-corrected chi connectivity index (χ2v) is 24.6. The number of benzene rings is 1. The van der Waals surface area contributed by atoms with Crippen LogP contribution in [0.15, 0.2) is 30.5 Å². The minimum atomic E-state index is -1.81. The Morgan fingerprint density at radius 3 is 2.24 bits per heavy atom. The van der Waals surface area contributed by atoms with Gasteiger partial charge in [0.15, 0.2) is 6.29 Å². The second-order valence-electron chi connectivity index (χ2n) is 24.6. The van der Waals surface area contributed by atoms with Gasteiger partial charge >= 0.3 is 5.97 Å². The summed E-state index contributed by atoms with van der Waals surface area (Å²) in [6.45, 7) is 18.8. The molecule has 6 rings (SSSR count). The molecule has 4 heterocycles. The van der Waals surface area contributed by atoms with Crippen LogP contribution in [0, 0.1) is 23.7 Å². The van der Waals surface area contributed by atoms with Gasteiger partial charge in [0, 0.05) is 89.2 Å². The number of carbonyl (C=O) groups is 1. The zero-order chi connectivity index (χ0) is 57.6. The van der Waals surface area contributed by atoms with E-state index in [0.29, 0.717) is 38.0 Å². The Labute approximate surface area is 464 Å². The van der Waals surface area contributed by atoms with Crippen molar-refractivity contribution in [2.75, 3.05) is 60.5 Å². The van der Waals surface area contributed by atoms with E-state index in [2.05, 4.69) is 27.5 Å². The van der Waals surface area contributed by atoms with E-state index < -0.39 is 120 Å². The van der Waals surface area contributed by atoms with Crippen LogP contribution in [0.3, 0.4) is 0 Å². The van der Waals surface area contributed by atoms with E-state index in [1.165, 1.54) is 11.6 Å². The molecule has 3 unspecified atom stereocenters. The lowest BCUT2D eigenvalue weighted by molar-refractivity contribution is -0.305. The monoisotopic (exact) mass is 1110 g/mol. The predicted octanol–water partition coefficient (Wildman–Crippen LogP) is 5.61. The summed E-state index contributed by atoms with van der Waals surface area (Å²) in [6.07, 6.45) is -0.896. The number of ether oxygens (including phenoxy) is 7. The molecular weight excluding hydrogens is 1010 g/mol. The Morgan fingerprint density at radius 1 is 0.962 bits per heavy atom. The summed E-state index contributed by atoms with van der Waals surface area (Å²) in [5, 5.41) is 60.1. The summed E-state index contributed by atoms with van der Waals surface area (Å²) in [6, 6.07) is 6.44. The van der Waals surface area contributed by atoms with Gasteiger partial charge in [-0.2, -0.15) is 0 Å². The highest BCUT2D eigenvalue weighted by Gasteiger charge is 2.55. The molecule has 19 nitrogen and oxygen atoms in total. The van der Waals surface area contributed by atoms with Crippen LogP contribution in [0.2, 0.25) is 0 Å². The summed E-state index contributed by atoms with van der Waals surface area (Å²) in [4.78, 5) is 18.8. The summed E-state index contributed by atoms with van der Waals surface area (Å²) in [5.41, 5.74) is 4.88. The Kier molecular flexibility index (Phi) is 22.6. The molecule has 3 saturated heterocycles. The van der Waals surface area contributed by atoms with Crippen LogP contribution >= 0.6 is 0 Å². The van der Waals surface area contributed by atoms with Crippen molar-refractivity contribution in [3.05, 3.63) is 41.7 Å². The Hall–Kier alpha value is -2.96. The summed E-state index contributed by atoms with van der Waals surface area (Å²) in [5.74, 6) is -2.81. The Bertz CT molecular complexity index is 2160. The van der Waals surface area contributed by atoms with Gasteiger partial charge in [0.25, 0.3) is 0 Å². The lowest BCUT2D eigenvalue weighted by Gasteiger charge is -2.52. The number of likely N-dealkylation sites (N-methyl/N-ethyl adjacent to an activating group) is 2. The smallest absolute Gasteiger partial charge is 0.309 e. The maximum absolute atomic E-state index is 15.0. The summed E-state index contributed by atoms with van der Waals surface area (Å²) in [7, 11) is 8.59. The number of halogens is 1. The standard InChI is InChI=1S/C58H100FN7O12/c1-16-47-58(10,71)51(68)37(6)65(12)31-33(2)28-57(9,74-15)53(35(4)48(36(5)54(70)77-47)46-29-56(8,73-14)52(69)38(7)76-46)78-55-49(67)44(27-34(3)75-55)64(11)26-25-41-32-66(63-62-41)45(30-59)50(72-13)39-21-23-40(24-22-39)61-43-20-18-17-19-42(43)60/h21-24,32-38,42-53,55,61,67-69,71H,16-20,25-31,60H2,1-15H3/t33-,34-,35+,36-,37-,38+,42?,43?,44+,45-,46?,47-,48+,49-,50-,51-,52+,53-,55+,56-,57-,58-/m1/s1. The predicted molar refractivity (Wildman–Crippen MR) is 295 cm³/mol. The largest absolute Gasteiger partial charge is 0.459 e. The number of nitrogens with two attached hydrogens (primary N) is 1. The average Bonchev–Trinajstić information content (AvgIpc) is 3.90. The highest BCUT2D eigenvalue weighted by Crippen LogP contribution is 2.46. The number of anilines is 1. The molecule has 1 aromatic carbocycles. The van der Waals surface area contributed by atoms with Crippen LogP contribution in [0.1, 0.15) is 144 Å². The third-order valence-electron chi connectivity index (χ3n) is 18.7. The molecule has 4 aliphatic rings. The number of rotatable bonds is 17. The van der Waals surface area contributed by atoms with Gasteiger partial charge in [0.1, 0.15) is 48.8 Å². The first-order valence-electron chi connectivity index (χ1n) is 28.8. The van der Waals surface area contributed by atoms with Gasteiger partial charge in [0.05, 0.1) is 47.2 Å². The van der Waals surface area contributed by atoms with Gasteiger partial charge in [-0.15, -0.1) is 5.10 Å². The lowest BCUT2D eigenvalue weighted by atomic mass is 9.68. The van der Waals surface area contributed by atoms with Crippen LogP contribution in [0.4, 0.5) is 10.1 Å². The molecular formula is C58H100FN7O12. The number of alkyl halides is 1. The topological polar surface area (TPSA) is 238 Å². The maximum atomic E-state index is 15.0. The van der Waals surface area contributed by atoms with E-state index in [4.69, 9.17) is 38.9 Å². The maximum Gasteiger partial charge on any atom is 0.309 e. The number of nitrogens with zero attached hydrogens (tertiary/aromatic N) is 5. The van der Waals surface area contributed by atoms with E-state index in [0.717, 1.165) is 36.9 Å². The third-order valence-corrected chi connectivity index (χ3v) is 18.7. The fourth-order valence-electron chi connectivity index (χ4n) is 13.6. The molecule has 0 radical (unpaired) electrons. The highest BCUT2D eigenvalue weighted by atomic mass is 19.1. The van der Waals surface area contributed by atoms with Crippen molar-refractivity contribution in [1.82, 2.24) is 24.8 Å². The molecule has 22 atom stereocenters. The third kappa shape index (κ3) is 14.4. The highest BCUT2D eigenvalue weighted by molar-refractivity contribution is 5.73. The first-order chi connectivity index (χ1) is 36.8. The van der Waals surface area contributed by atoms with E-state index >= 15 is 4.39 Å². The number of aliphatic hydroxyl groups excluding tert-OH is 3. The zero-order valence-corrected chi connectivity index (χ0v) is 49.6. The number of carbonyl (C=O) groups excluding carboxylic acids is 1. The number of esters is 1. The van der Waals surface area contributed by atoms with Crippen LogP contribution in [0.5, 0.6) is 0 Å². The molecule has 446 valence electrons. The minimum absolute atomic E-state index is 0.0646. The average molecular weight is 1110 g/mol. The molecule has 7 N–H and O–H groups in total. The number of aromatic nitrogens is 3. The van der Waals surface area contributed by atoms with Crippen LogP contribution in [-0.2, 0) is 44.4 Å². The number of methoxy groups -OCH3 is 3. The number of hydrogen-bond donors (Lipinski definition) is 6. The van der Waals surface area contributed by atoms with E-state index in [1.807, 2.05) is 84.8 Å². The molecule has 78 heavy (non-hydrogen) atoms. The minimum Gasteiger partial charge on any atom is -0.459 e. The first kappa shape index (κ1) is 64.2. The van der Waals surface area contributed by atoms with E-state index in [-0.39, 0.29) is 36.9 Å².